The van der Waals surface area contributed by atoms with Crippen molar-refractivity contribution in [3.8, 4) is 0 Å². The van der Waals surface area contributed by atoms with E-state index in [2.05, 4.69) is 10.3 Å². The van der Waals surface area contributed by atoms with Crippen molar-refractivity contribution in [2.75, 3.05) is 12.4 Å². The zero-order valence-electron chi connectivity index (χ0n) is 10.8. The van der Waals surface area contributed by atoms with Crippen LogP contribution in [-0.2, 0) is 4.74 Å². The summed E-state index contributed by atoms with van der Waals surface area (Å²) in [5.74, 6) is 0.774. The summed E-state index contributed by atoms with van der Waals surface area (Å²) in [5, 5.41) is 3.43. The fraction of sp³-hybridized carbons (Fsp3) is 0.538. The van der Waals surface area contributed by atoms with Crippen molar-refractivity contribution >= 4 is 23.0 Å². The number of pyridine rings is 1. The largest absolute Gasteiger partial charge is 0.389 e. The van der Waals surface area contributed by atoms with Crippen molar-refractivity contribution in [1.82, 2.24) is 4.98 Å². The Morgan fingerprint density at radius 3 is 3.00 bits per heavy atom. The first-order valence-electron chi connectivity index (χ1n) is 6.18. The van der Waals surface area contributed by atoms with E-state index in [1.165, 1.54) is 6.42 Å². The molecule has 2 unspecified atom stereocenters. The van der Waals surface area contributed by atoms with Crippen LogP contribution in [0.5, 0.6) is 0 Å². The Bertz CT molecular complexity index is 450. The normalized spacial score (nSPS) is 23.0. The number of nitrogens with two attached hydrogens (primary N) is 1. The number of methoxy groups -OCH3 is 1. The van der Waals surface area contributed by atoms with Crippen molar-refractivity contribution in [2.45, 2.75) is 38.3 Å². The van der Waals surface area contributed by atoms with Crippen LogP contribution in [0.1, 0.15) is 30.4 Å². The minimum atomic E-state index is 0.242. The molecular weight excluding hydrogens is 246 g/mol. The van der Waals surface area contributed by atoms with Gasteiger partial charge in [0.05, 0.1) is 17.7 Å². The first-order valence-corrected chi connectivity index (χ1v) is 6.59. The average molecular weight is 265 g/mol. The van der Waals surface area contributed by atoms with Crippen LogP contribution in [0, 0.1) is 6.92 Å². The van der Waals surface area contributed by atoms with E-state index in [4.69, 9.17) is 22.7 Å². The van der Waals surface area contributed by atoms with Gasteiger partial charge in [0.15, 0.2) is 0 Å². The summed E-state index contributed by atoms with van der Waals surface area (Å²) < 4.78 is 5.47. The van der Waals surface area contributed by atoms with Gasteiger partial charge >= 0.3 is 0 Å². The average Bonchev–Trinajstić information content (AvgIpc) is 2.76. The molecule has 1 fully saturated rings. The second-order valence-electron chi connectivity index (χ2n) is 4.67. The van der Waals surface area contributed by atoms with Gasteiger partial charge in [-0.1, -0.05) is 12.2 Å². The van der Waals surface area contributed by atoms with Crippen LogP contribution < -0.4 is 11.1 Å². The van der Waals surface area contributed by atoms with E-state index in [1.54, 1.807) is 13.3 Å². The van der Waals surface area contributed by atoms with Gasteiger partial charge in [-0.25, -0.2) is 4.98 Å². The van der Waals surface area contributed by atoms with Crippen molar-refractivity contribution in [3.63, 3.8) is 0 Å². The topological polar surface area (TPSA) is 60.2 Å². The van der Waals surface area contributed by atoms with Crippen LogP contribution in [0.15, 0.2) is 12.3 Å². The van der Waals surface area contributed by atoms with Crippen LogP contribution >= 0.6 is 12.2 Å². The second-order valence-corrected chi connectivity index (χ2v) is 5.11. The molecule has 18 heavy (non-hydrogen) atoms. The van der Waals surface area contributed by atoms with E-state index in [0.29, 0.717) is 4.99 Å². The zero-order chi connectivity index (χ0) is 13.1. The summed E-state index contributed by atoms with van der Waals surface area (Å²) in [4.78, 5) is 4.74. The number of thiocarbonyl (C=S) groups is 1. The maximum absolute atomic E-state index is 5.78. The molecule has 3 N–H and O–H groups in total. The molecule has 98 valence electrons. The lowest BCUT2D eigenvalue weighted by atomic mass is 10.1. The standard InChI is InChI=1S/C13H19N3OS/c1-8-6-7-15-13(11(8)12(14)18)16-9-4-3-5-10(9)17-2/h6-7,9-10H,3-5H2,1-2H3,(H2,14,18)(H,15,16). The molecule has 1 aliphatic carbocycles. The molecule has 1 aromatic rings. The molecule has 1 heterocycles. The Kier molecular flexibility index (Phi) is 4.14. The van der Waals surface area contributed by atoms with E-state index in [-0.39, 0.29) is 12.1 Å². The predicted molar refractivity (Wildman–Crippen MR) is 76.9 cm³/mol. The van der Waals surface area contributed by atoms with E-state index in [9.17, 15) is 0 Å². The van der Waals surface area contributed by atoms with Crippen LogP contribution in [-0.4, -0.2) is 29.2 Å². The van der Waals surface area contributed by atoms with Gasteiger partial charge in [0.25, 0.3) is 0 Å². The molecule has 4 nitrogen and oxygen atoms in total. The molecular formula is C13H19N3OS. The summed E-state index contributed by atoms with van der Waals surface area (Å²) in [6.07, 6.45) is 5.36. The molecule has 1 aromatic heterocycles. The summed E-state index contributed by atoms with van der Waals surface area (Å²) in [6.45, 7) is 1.99. The number of hydrogen-bond donors (Lipinski definition) is 2. The van der Waals surface area contributed by atoms with Gasteiger partial charge in [0.2, 0.25) is 0 Å². The minimum Gasteiger partial charge on any atom is -0.389 e. The molecule has 5 heteroatoms. The smallest absolute Gasteiger partial charge is 0.136 e. The van der Waals surface area contributed by atoms with Gasteiger partial charge in [-0.15, -0.1) is 0 Å². The SMILES string of the molecule is COC1CCCC1Nc1nccc(C)c1C(N)=S. The molecule has 0 saturated heterocycles. The lowest BCUT2D eigenvalue weighted by molar-refractivity contribution is 0.101. The van der Waals surface area contributed by atoms with Gasteiger partial charge in [0.1, 0.15) is 10.8 Å². The zero-order valence-corrected chi connectivity index (χ0v) is 11.6. The van der Waals surface area contributed by atoms with Crippen molar-refractivity contribution in [2.24, 2.45) is 5.73 Å². The molecule has 0 radical (unpaired) electrons. The quantitative estimate of drug-likeness (QED) is 0.815. The number of rotatable bonds is 4. The second kappa shape index (κ2) is 5.63. The Labute approximate surface area is 113 Å². The lowest BCUT2D eigenvalue weighted by Crippen LogP contribution is -2.31. The molecule has 0 amide bonds. The van der Waals surface area contributed by atoms with Crippen LogP contribution in [0.25, 0.3) is 0 Å². The van der Waals surface area contributed by atoms with Gasteiger partial charge in [-0.2, -0.15) is 0 Å². The monoisotopic (exact) mass is 265 g/mol. The number of nitrogens with one attached hydrogen (secondary N) is 1. The molecule has 0 aromatic carbocycles. The van der Waals surface area contributed by atoms with Crippen LogP contribution in [0.4, 0.5) is 5.82 Å². The third-order valence-electron chi connectivity index (χ3n) is 3.48. The maximum atomic E-state index is 5.78. The van der Waals surface area contributed by atoms with Crippen molar-refractivity contribution in [1.29, 1.82) is 0 Å². The number of nitrogens with zero attached hydrogens (tertiary/aromatic N) is 1. The molecule has 2 rings (SSSR count). The molecule has 1 aliphatic rings. The molecule has 0 spiro atoms. The van der Waals surface area contributed by atoms with Crippen LogP contribution in [0.2, 0.25) is 0 Å². The first kappa shape index (κ1) is 13.2. The number of anilines is 1. The summed E-state index contributed by atoms with van der Waals surface area (Å²) in [7, 11) is 1.75. The summed E-state index contributed by atoms with van der Waals surface area (Å²) in [5.41, 5.74) is 7.67. The number of aryl methyl sites for hydroxylation is 1. The highest BCUT2D eigenvalue weighted by Crippen LogP contribution is 2.26. The fourth-order valence-electron chi connectivity index (χ4n) is 2.53. The van der Waals surface area contributed by atoms with E-state index < -0.39 is 0 Å². The van der Waals surface area contributed by atoms with Crippen LogP contribution in [0.3, 0.4) is 0 Å². The molecule has 0 aliphatic heterocycles. The summed E-state index contributed by atoms with van der Waals surface area (Å²) >= 11 is 5.10. The van der Waals surface area contributed by atoms with E-state index in [1.807, 2.05) is 13.0 Å². The molecule has 2 atom stereocenters. The number of aromatic nitrogens is 1. The lowest BCUT2D eigenvalue weighted by Gasteiger charge is -2.22. The highest BCUT2D eigenvalue weighted by atomic mass is 32.1. The minimum absolute atomic E-state index is 0.242. The number of hydrogen-bond acceptors (Lipinski definition) is 4. The van der Waals surface area contributed by atoms with Gasteiger partial charge in [-0.3, -0.25) is 0 Å². The van der Waals surface area contributed by atoms with Gasteiger partial charge in [0, 0.05) is 13.3 Å². The third-order valence-corrected chi connectivity index (χ3v) is 3.69. The predicted octanol–water partition coefficient (Wildman–Crippen LogP) is 2.00. The highest BCUT2D eigenvalue weighted by molar-refractivity contribution is 7.80. The molecule has 0 bridgehead atoms. The van der Waals surface area contributed by atoms with Crippen molar-refractivity contribution in [3.05, 3.63) is 23.4 Å². The van der Waals surface area contributed by atoms with Crippen molar-refractivity contribution < 1.29 is 4.74 Å². The Morgan fingerprint density at radius 1 is 1.56 bits per heavy atom. The summed E-state index contributed by atoms with van der Waals surface area (Å²) in [6, 6.07) is 2.21. The first-order chi connectivity index (χ1) is 8.63. The Balaban J connectivity index is 2.23. The third kappa shape index (κ3) is 2.62. The highest BCUT2D eigenvalue weighted by Gasteiger charge is 2.28. The Hall–Kier alpha value is -1.20. The van der Waals surface area contributed by atoms with Gasteiger partial charge in [-0.05, 0) is 37.8 Å². The number of ether oxygens (including phenoxy) is 1. The van der Waals surface area contributed by atoms with E-state index in [0.717, 1.165) is 29.8 Å². The maximum Gasteiger partial charge on any atom is 0.136 e. The van der Waals surface area contributed by atoms with E-state index >= 15 is 0 Å². The van der Waals surface area contributed by atoms with Gasteiger partial charge < -0.3 is 15.8 Å². The Morgan fingerprint density at radius 2 is 2.33 bits per heavy atom. The molecule has 1 saturated carbocycles. The fourth-order valence-corrected chi connectivity index (χ4v) is 2.79.